The van der Waals surface area contributed by atoms with Gasteiger partial charge in [0.05, 0.1) is 11.4 Å². The molecule has 0 spiro atoms. The number of nitrogens with zero attached hydrogens (tertiary/aromatic N) is 6. The van der Waals surface area contributed by atoms with Crippen LogP contribution in [0.2, 0.25) is 0 Å². The first-order valence-corrected chi connectivity index (χ1v) is 14.4. The van der Waals surface area contributed by atoms with Gasteiger partial charge in [-0.3, -0.25) is 10.1 Å². The number of ether oxygens (including phenoxy) is 1. The van der Waals surface area contributed by atoms with Gasteiger partial charge in [0.15, 0.2) is 0 Å². The zero-order chi connectivity index (χ0) is 30.6. The lowest BCUT2D eigenvalue weighted by atomic mass is 9.92. The SMILES string of the molecule is CC(=O)N1CCN(c2nccc(Oc3ccccc3CNC(=O)Nc3cc(C(C)(C)C)nn3-c3ccc(C)cc3)n2)CC1. The molecule has 0 radical (unpaired) electrons. The third kappa shape index (κ3) is 7.29. The van der Waals surface area contributed by atoms with E-state index in [1.165, 1.54) is 0 Å². The van der Waals surface area contributed by atoms with E-state index in [2.05, 4.69) is 41.4 Å². The van der Waals surface area contributed by atoms with E-state index in [1.54, 1.807) is 23.9 Å². The predicted molar refractivity (Wildman–Crippen MR) is 166 cm³/mol. The van der Waals surface area contributed by atoms with Crippen molar-refractivity contribution in [2.24, 2.45) is 0 Å². The number of amides is 3. The maximum atomic E-state index is 13.1. The summed E-state index contributed by atoms with van der Waals surface area (Å²) in [5.74, 6) is 2.17. The molecule has 2 aromatic heterocycles. The van der Waals surface area contributed by atoms with E-state index >= 15 is 0 Å². The van der Waals surface area contributed by atoms with E-state index in [1.807, 2.05) is 71.3 Å². The molecular formula is C32H38N8O3. The van der Waals surface area contributed by atoms with Crippen molar-refractivity contribution in [3.63, 3.8) is 0 Å². The second-order valence-electron chi connectivity index (χ2n) is 11.6. The summed E-state index contributed by atoms with van der Waals surface area (Å²) in [6.07, 6.45) is 1.66. The van der Waals surface area contributed by atoms with E-state index in [0.717, 1.165) is 22.5 Å². The summed E-state index contributed by atoms with van der Waals surface area (Å²) in [5.41, 5.74) is 3.47. The van der Waals surface area contributed by atoms with Crippen LogP contribution in [0.3, 0.4) is 0 Å². The molecule has 11 nitrogen and oxygen atoms in total. The summed E-state index contributed by atoms with van der Waals surface area (Å²) in [5, 5.41) is 10.7. The number of nitrogens with one attached hydrogen (secondary N) is 2. The van der Waals surface area contributed by atoms with Crippen LogP contribution in [0.5, 0.6) is 11.6 Å². The molecule has 43 heavy (non-hydrogen) atoms. The normalized spacial score (nSPS) is 13.5. The van der Waals surface area contributed by atoms with E-state index in [4.69, 9.17) is 9.84 Å². The van der Waals surface area contributed by atoms with E-state index < -0.39 is 0 Å². The minimum absolute atomic E-state index is 0.0723. The second-order valence-corrected chi connectivity index (χ2v) is 11.6. The molecule has 224 valence electrons. The number of hydrogen-bond donors (Lipinski definition) is 2. The fourth-order valence-electron chi connectivity index (χ4n) is 4.68. The molecule has 1 aliphatic rings. The highest BCUT2D eigenvalue weighted by atomic mass is 16.5. The number of aromatic nitrogens is 4. The molecule has 1 aliphatic heterocycles. The number of piperazine rings is 1. The lowest BCUT2D eigenvalue weighted by Crippen LogP contribution is -2.48. The number of para-hydroxylation sites is 1. The van der Waals surface area contributed by atoms with Crippen molar-refractivity contribution in [1.29, 1.82) is 0 Å². The molecule has 2 aromatic carbocycles. The molecule has 2 N–H and O–H groups in total. The van der Waals surface area contributed by atoms with Gasteiger partial charge < -0.3 is 19.9 Å². The van der Waals surface area contributed by atoms with Gasteiger partial charge in [0, 0.05) is 69.0 Å². The standard InChI is InChI=1S/C32H38N8O3/c1-22-10-12-25(13-11-22)40-28(20-27(37-40)32(3,4)5)35-31(42)34-21-24-8-6-7-9-26(24)43-29-14-15-33-30(36-29)39-18-16-38(17-19-39)23(2)41/h6-15,20H,16-19,21H2,1-5H3,(H2,34,35,42). The van der Waals surface area contributed by atoms with Crippen molar-refractivity contribution in [3.05, 3.63) is 83.7 Å². The van der Waals surface area contributed by atoms with Crippen LogP contribution in [0, 0.1) is 6.92 Å². The summed E-state index contributed by atoms with van der Waals surface area (Å²) in [4.78, 5) is 37.6. The molecule has 4 aromatic rings. The average molecular weight is 583 g/mol. The second kappa shape index (κ2) is 12.5. The van der Waals surface area contributed by atoms with Crippen LogP contribution in [0.1, 0.15) is 44.5 Å². The van der Waals surface area contributed by atoms with E-state index in [9.17, 15) is 9.59 Å². The summed E-state index contributed by atoms with van der Waals surface area (Å²) in [6, 6.07) is 18.7. The van der Waals surface area contributed by atoms with E-state index in [-0.39, 0.29) is 23.9 Å². The zero-order valence-corrected chi connectivity index (χ0v) is 25.3. The number of benzene rings is 2. The monoisotopic (exact) mass is 582 g/mol. The molecule has 0 bridgehead atoms. The quantitative estimate of drug-likeness (QED) is 0.313. The Bertz CT molecular complexity index is 1580. The summed E-state index contributed by atoms with van der Waals surface area (Å²) in [6.45, 7) is 12.7. The topological polar surface area (TPSA) is 118 Å². The van der Waals surface area contributed by atoms with Crippen molar-refractivity contribution in [2.45, 2.75) is 46.6 Å². The van der Waals surface area contributed by atoms with Crippen molar-refractivity contribution in [1.82, 2.24) is 30.0 Å². The van der Waals surface area contributed by atoms with Gasteiger partial charge in [-0.25, -0.2) is 14.5 Å². The van der Waals surface area contributed by atoms with Gasteiger partial charge >= 0.3 is 6.03 Å². The first-order chi connectivity index (χ1) is 20.6. The zero-order valence-electron chi connectivity index (χ0n) is 25.3. The highest BCUT2D eigenvalue weighted by Gasteiger charge is 2.23. The summed E-state index contributed by atoms with van der Waals surface area (Å²) < 4.78 is 7.90. The van der Waals surface area contributed by atoms with Crippen LogP contribution in [-0.2, 0) is 16.8 Å². The summed E-state index contributed by atoms with van der Waals surface area (Å²) >= 11 is 0. The molecule has 0 aliphatic carbocycles. The van der Waals surface area contributed by atoms with Gasteiger partial charge in [-0.1, -0.05) is 56.7 Å². The van der Waals surface area contributed by atoms with Gasteiger partial charge in [0.1, 0.15) is 11.6 Å². The van der Waals surface area contributed by atoms with Crippen LogP contribution in [-0.4, -0.2) is 62.8 Å². The average Bonchev–Trinajstić information content (AvgIpc) is 3.41. The van der Waals surface area contributed by atoms with Crippen molar-refractivity contribution in [2.75, 3.05) is 36.4 Å². The van der Waals surface area contributed by atoms with Gasteiger partial charge in [0.25, 0.3) is 0 Å². The highest BCUT2D eigenvalue weighted by Crippen LogP contribution is 2.27. The third-order valence-electron chi connectivity index (χ3n) is 7.25. The lowest BCUT2D eigenvalue weighted by molar-refractivity contribution is -0.129. The van der Waals surface area contributed by atoms with Crippen molar-refractivity contribution < 1.29 is 14.3 Å². The van der Waals surface area contributed by atoms with Crippen LogP contribution in [0.15, 0.2) is 66.9 Å². The van der Waals surface area contributed by atoms with Crippen molar-refractivity contribution in [3.8, 4) is 17.3 Å². The first-order valence-electron chi connectivity index (χ1n) is 14.4. The molecule has 1 fully saturated rings. The van der Waals surface area contributed by atoms with Crippen LogP contribution in [0.4, 0.5) is 16.6 Å². The van der Waals surface area contributed by atoms with E-state index in [0.29, 0.717) is 49.6 Å². The molecule has 0 unspecified atom stereocenters. The molecule has 1 saturated heterocycles. The Labute approximate surface area is 251 Å². The molecule has 5 rings (SSSR count). The first kappa shape index (κ1) is 29.6. The van der Waals surface area contributed by atoms with Gasteiger partial charge in [-0.15, -0.1) is 0 Å². The number of carbonyl (C=O) groups excluding carboxylic acids is 2. The minimum atomic E-state index is -0.363. The summed E-state index contributed by atoms with van der Waals surface area (Å²) in [7, 11) is 0. The Morgan fingerprint density at radius 3 is 2.40 bits per heavy atom. The predicted octanol–water partition coefficient (Wildman–Crippen LogP) is 5.05. The molecular weight excluding hydrogens is 544 g/mol. The lowest BCUT2D eigenvalue weighted by Gasteiger charge is -2.34. The van der Waals surface area contributed by atoms with Crippen molar-refractivity contribution >= 4 is 23.7 Å². The third-order valence-corrected chi connectivity index (χ3v) is 7.25. The van der Waals surface area contributed by atoms with Gasteiger partial charge in [0.2, 0.25) is 17.7 Å². The van der Waals surface area contributed by atoms with Gasteiger partial charge in [-0.05, 0) is 25.1 Å². The smallest absolute Gasteiger partial charge is 0.320 e. The largest absolute Gasteiger partial charge is 0.439 e. The van der Waals surface area contributed by atoms with Crippen LogP contribution < -0.4 is 20.3 Å². The molecule has 0 atom stereocenters. The minimum Gasteiger partial charge on any atom is -0.439 e. The Morgan fingerprint density at radius 2 is 1.70 bits per heavy atom. The van der Waals surface area contributed by atoms with Crippen LogP contribution in [0.25, 0.3) is 5.69 Å². The number of rotatable bonds is 7. The fraction of sp³-hybridized carbons (Fsp3) is 0.344. The molecule has 0 saturated carbocycles. The van der Waals surface area contributed by atoms with Gasteiger partial charge in [-0.2, -0.15) is 10.1 Å². The number of urea groups is 1. The maximum absolute atomic E-state index is 13.1. The maximum Gasteiger partial charge on any atom is 0.320 e. The molecule has 3 heterocycles. The number of carbonyl (C=O) groups is 2. The fourth-order valence-corrected chi connectivity index (χ4v) is 4.68. The molecule has 3 amide bonds. The number of anilines is 2. The van der Waals surface area contributed by atoms with Crippen LogP contribution >= 0.6 is 0 Å². The Balaban J connectivity index is 1.25. The number of hydrogen-bond acceptors (Lipinski definition) is 7. The molecule has 11 heteroatoms. The highest BCUT2D eigenvalue weighted by molar-refractivity contribution is 5.88. The Kier molecular flexibility index (Phi) is 8.61. The number of aryl methyl sites for hydroxylation is 1. The Morgan fingerprint density at radius 1 is 0.977 bits per heavy atom. The Hall–Kier alpha value is -4.93.